The van der Waals surface area contributed by atoms with E-state index in [4.69, 9.17) is 0 Å². The van der Waals surface area contributed by atoms with Gasteiger partial charge in [-0.05, 0) is 50.1 Å². The number of carbonyl (C=O) groups is 1. The first-order chi connectivity index (χ1) is 13.7. The standard InChI is InChI=1S/C19H21F3N4O3/c1-2-26-17(27)10-9-16(24-26)25-11-3-4-14(12-25)23-18(28)13-5-7-15(8-6-13)29-19(20,21)22/h5-10,14H,2-4,11-12H2,1H3,(H,23,28). The molecule has 0 bridgehead atoms. The first-order valence-electron chi connectivity index (χ1n) is 9.25. The third-order valence-corrected chi connectivity index (χ3v) is 4.58. The van der Waals surface area contributed by atoms with Gasteiger partial charge in [-0.25, -0.2) is 4.68 Å². The van der Waals surface area contributed by atoms with Crippen LogP contribution in [-0.4, -0.2) is 41.2 Å². The maximum atomic E-state index is 12.4. The molecule has 2 heterocycles. The molecule has 1 aromatic heterocycles. The molecule has 1 saturated heterocycles. The number of rotatable bonds is 5. The summed E-state index contributed by atoms with van der Waals surface area (Å²) in [6.07, 6.45) is -3.18. The molecule has 29 heavy (non-hydrogen) atoms. The number of amides is 1. The minimum atomic E-state index is -4.77. The fourth-order valence-electron chi connectivity index (χ4n) is 3.21. The molecule has 1 fully saturated rings. The molecule has 0 saturated carbocycles. The van der Waals surface area contributed by atoms with Crippen molar-refractivity contribution >= 4 is 11.7 Å². The zero-order valence-corrected chi connectivity index (χ0v) is 15.8. The van der Waals surface area contributed by atoms with Gasteiger partial charge in [-0.2, -0.15) is 5.10 Å². The Labute approximate surface area is 165 Å². The molecule has 1 aliphatic heterocycles. The van der Waals surface area contributed by atoms with E-state index < -0.39 is 6.36 Å². The Bertz CT molecular complexity index is 912. The van der Waals surface area contributed by atoms with Gasteiger partial charge in [0.15, 0.2) is 0 Å². The van der Waals surface area contributed by atoms with Crippen molar-refractivity contribution in [3.8, 4) is 5.75 Å². The molecule has 0 spiro atoms. The van der Waals surface area contributed by atoms with E-state index in [2.05, 4.69) is 15.2 Å². The Balaban J connectivity index is 1.63. The van der Waals surface area contributed by atoms with E-state index in [0.717, 1.165) is 31.5 Å². The summed E-state index contributed by atoms with van der Waals surface area (Å²) in [5.41, 5.74) is 0.0744. The largest absolute Gasteiger partial charge is 0.573 e. The van der Waals surface area contributed by atoms with Crippen LogP contribution in [0.5, 0.6) is 5.75 Å². The minimum Gasteiger partial charge on any atom is -0.406 e. The number of carbonyl (C=O) groups excluding carboxylic acids is 1. The topological polar surface area (TPSA) is 76.5 Å². The predicted molar refractivity (Wildman–Crippen MR) is 100.0 cm³/mol. The van der Waals surface area contributed by atoms with E-state index in [9.17, 15) is 22.8 Å². The van der Waals surface area contributed by atoms with Crippen molar-refractivity contribution in [3.05, 3.63) is 52.3 Å². The third-order valence-electron chi connectivity index (χ3n) is 4.58. The van der Waals surface area contributed by atoms with Gasteiger partial charge in [0.05, 0.1) is 0 Å². The molecule has 0 aliphatic carbocycles. The zero-order valence-electron chi connectivity index (χ0n) is 15.8. The first kappa shape index (κ1) is 20.7. The van der Waals surface area contributed by atoms with Gasteiger partial charge >= 0.3 is 6.36 Å². The molecule has 1 aromatic carbocycles. The molecule has 1 atom stereocenters. The van der Waals surface area contributed by atoms with E-state index in [1.165, 1.54) is 22.9 Å². The first-order valence-corrected chi connectivity index (χ1v) is 9.25. The van der Waals surface area contributed by atoms with Gasteiger partial charge in [-0.3, -0.25) is 9.59 Å². The Morgan fingerprint density at radius 2 is 1.97 bits per heavy atom. The lowest BCUT2D eigenvalue weighted by molar-refractivity contribution is -0.274. The van der Waals surface area contributed by atoms with E-state index in [1.807, 2.05) is 11.8 Å². The van der Waals surface area contributed by atoms with Gasteiger partial charge in [-0.15, -0.1) is 13.2 Å². The molecule has 10 heteroatoms. The van der Waals surface area contributed by atoms with E-state index in [-0.39, 0.29) is 28.8 Å². The molecule has 156 valence electrons. The lowest BCUT2D eigenvalue weighted by Crippen LogP contribution is -2.48. The van der Waals surface area contributed by atoms with Crippen LogP contribution < -0.4 is 20.5 Å². The summed E-state index contributed by atoms with van der Waals surface area (Å²) in [6, 6.07) is 7.77. The van der Waals surface area contributed by atoms with Crippen LogP contribution in [0.2, 0.25) is 0 Å². The molecule has 1 N–H and O–H groups in total. The van der Waals surface area contributed by atoms with Crippen molar-refractivity contribution in [1.29, 1.82) is 0 Å². The fraction of sp³-hybridized carbons (Fsp3) is 0.421. The summed E-state index contributed by atoms with van der Waals surface area (Å²) in [6.45, 7) is 3.58. The number of alkyl halides is 3. The summed E-state index contributed by atoms with van der Waals surface area (Å²) in [5.74, 6) is -0.0871. The van der Waals surface area contributed by atoms with Crippen LogP contribution in [0, 0.1) is 0 Å². The number of halogens is 3. The second-order valence-corrected chi connectivity index (χ2v) is 6.68. The number of benzene rings is 1. The van der Waals surface area contributed by atoms with Gasteiger partial charge in [0.2, 0.25) is 0 Å². The lowest BCUT2D eigenvalue weighted by Gasteiger charge is -2.34. The average molecular weight is 410 g/mol. The highest BCUT2D eigenvalue weighted by Crippen LogP contribution is 2.23. The van der Waals surface area contributed by atoms with Crippen molar-refractivity contribution in [2.24, 2.45) is 0 Å². The van der Waals surface area contributed by atoms with Crippen molar-refractivity contribution in [2.75, 3.05) is 18.0 Å². The number of aromatic nitrogens is 2. The van der Waals surface area contributed by atoms with Crippen LogP contribution in [0.3, 0.4) is 0 Å². The zero-order chi connectivity index (χ0) is 21.0. The van der Waals surface area contributed by atoms with Gasteiger partial charge in [0.1, 0.15) is 11.6 Å². The highest BCUT2D eigenvalue weighted by Gasteiger charge is 2.31. The number of piperidine rings is 1. The SMILES string of the molecule is CCn1nc(N2CCCC(NC(=O)c3ccc(OC(F)(F)F)cc3)C2)ccc1=O. The molecule has 7 nitrogen and oxygen atoms in total. The number of anilines is 1. The smallest absolute Gasteiger partial charge is 0.406 e. The van der Waals surface area contributed by atoms with Crippen LogP contribution >= 0.6 is 0 Å². The number of ether oxygens (including phenoxy) is 1. The number of nitrogens with one attached hydrogen (secondary N) is 1. The van der Waals surface area contributed by atoms with Gasteiger partial charge in [0.25, 0.3) is 11.5 Å². The van der Waals surface area contributed by atoms with Crippen molar-refractivity contribution in [2.45, 2.75) is 38.7 Å². The fourth-order valence-corrected chi connectivity index (χ4v) is 3.21. The van der Waals surface area contributed by atoms with E-state index in [1.54, 1.807) is 6.07 Å². The van der Waals surface area contributed by atoms with Gasteiger partial charge in [-0.1, -0.05) is 0 Å². The highest BCUT2D eigenvalue weighted by atomic mass is 19.4. The molecular weight excluding hydrogens is 389 g/mol. The lowest BCUT2D eigenvalue weighted by atomic mass is 10.0. The normalized spacial score (nSPS) is 17.1. The third kappa shape index (κ3) is 5.49. The Morgan fingerprint density at radius 3 is 2.62 bits per heavy atom. The van der Waals surface area contributed by atoms with E-state index in [0.29, 0.717) is 18.9 Å². The van der Waals surface area contributed by atoms with Crippen molar-refractivity contribution in [1.82, 2.24) is 15.1 Å². The molecule has 0 radical (unpaired) electrons. The molecule has 1 unspecified atom stereocenters. The Hall–Kier alpha value is -3.04. The molecule has 3 rings (SSSR count). The quantitative estimate of drug-likeness (QED) is 0.820. The molecule has 1 aliphatic rings. The van der Waals surface area contributed by atoms with Gasteiger partial charge in [0, 0.05) is 37.3 Å². The summed E-state index contributed by atoms with van der Waals surface area (Å²) >= 11 is 0. The molecule has 1 amide bonds. The van der Waals surface area contributed by atoms with Gasteiger partial charge < -0.3 is 15.0 Å². The van der Waals surface area contributed by atoms with Crippen LogP contribution in [0.15, 0.2) is 41.2 Å². The maximum Gasteiger partial charge on any atom is 0.573 e. The Morgan fingerprint density at radius 1 is 1.24 bits per heavy atom. The van der Waals surface area contributed by atoms with Crippen molar-refractivity contribution < 1.29 is 22.7 Å². The van der Waals surface area contributed by atoms with Crippen LogP contribution in [-0.2, 0) is 6.54 Å². The maximum absolute atomic E-state index is 12.4. The van der Waals surface area contributed by atoms with Crippen LogP contribution in [0.25, 0.3) is 0 Å². The predicted octanol–water partition coefficient (Wildman–Crippen LogP) is 2.56. The summed E-state index contributed by atoms with van der Waals surface area (Å²) in [4.78, 5) is 26.2. The van der Waals surface area contributed by atoms with Crippen LogP contribution in [0.1, 0.15) is 30.1 Å². The highest BCUT2D eigenvalue weighted by molar-refractivity contribution is 5.94. The Kier molecular flexibility index (Phi) is 6.09. The summed E-state index contributed by atoms with van der Waals surface area (Å²) < 4.78 is 41.9. The monoisotopic (exact) mass is 410 g/mol. The number of hydrogen-bond donors (Lipinski definition) is 1. The number of nitrogens with zero attached hydrogens (tertiary/aromatic N) is 3. The second kappa shape index (κ2) is 8.54. The summed E-state index contributed by atoms with van der Waals surface area (Å²) in [7, 11) is 0. The minimum absolute atomic E-state index is 0.147. The number of aryl methyl sites for hydroxylation is 1. The number of hydrogen-bond acceptors (Lipinski definition) is 5. The van der Waals surface area contributed by atoms with Crippen LogP contribution in [0.4, 0.5) is 19.0 Å². The summed E-state index contributed by atoms with van der Waals surface area (Å²) in [5, 5.41) is 7.24. The molecule has 2 aromatic rings. The molecular formula is C19H21F3N4O3. The average Bonchev–Trinajstić information content (AvgIpc) is 2.68. The second-order valence-electron chi connectivity index (χ2n) is 6.68. The van der Waals surface area contributed by atoms with E-state index >= 15 is 0 Å². The van der Waals surface area contributed by atoms with Crippen molar-refractivity contribution in [3.63, 3.8) is 0 Å².